The molecule has 2 unspecified atom stereocenters. The topological polar surface area (TPSA) is 40.6 Å². The number of likely N-dealkylation sites (tertiary alicyclic amines) is 1. The Kier molecular flexibility index (Phi) is 3.71. The Labute approximate surface area is 150 Å². The standard InChI is InChI=1S/C21H28N2O2/c1-20(2)11-16-12-21(3,13-20)14-23(16)19(25)18(24)22-10-6-8-15-7-4-5-9-17(15)22/h4-5,7,9,16H,6,8,10-14H2,1-3H3. The first-order valence-electron chi connectivity index (χ1n) is 9.48. The minimum absolute atomic E-state index is 0.155. The van der Waals surface area contributed by atoms with E-state index in [4.69, 9.17) is 0 Å². The first kappa shape index (κ1) is 16.6. The van der Waals surface area contributed by atoms with Crippen LogP contribution in [0.25, 0.3) is 0 Å². The zero-order valence-corrected chi connectivity index (χ0v) is 15.5. The van der Waals surface area contributed by atoms with Gasteiger partial charge in [-0.2, -0.15) is 0 Å². The van der Waals surface area contributed by atoms with Gasteiger partial charge in [0.25, 0.3) is 0 Å². The number of amides is 2. The lowest BCUT2D eigenvalue weighted by Crippen LogP contribution is -2.49. The molecule has 2 amide bonds. The van der Waals surface area contributed by atoms with Crippen LogP contribution in [-0.4, -0.2) is 35.8 Å². The van der Waals surface area contributed by atoms with Crippen molar-refractivity contribution in [2.24, 2.45) is 10.8 Å². The molecule has 1 aromatic carbocycles. The highest BCUT2D eigenvalue weighted by molar-refractivity contribution is 6.40. The Hall–Kier alpha value is -1.84. The van der Waals surface area contributed by atoms with Crippen molar-refractivity contribution in [3.05, 3.63) is 29.8 Å². The zero-order chi connectivity index (χ0) is 17.8. The molecular formula is C21H28N2O2. The summed E-state index contributed by atoms with van der Waals surface area (Å²) in [6, 6.07) is 8.19. The van der Waals surface area contributed by atoms with Crippen molar-refractivity contribution >= 4 is 17.5 Å². The maximum absolute atomic E-state index is 13.1. The van der Waals surface area contributed by atoms with Gasteiger partial charge in [0.15, 0.2) is 0 Å². The van der Waals surface area contributed by atoms with Gasteiger partial charge in [0.2, 0.25) is 0 Å². The summed E-state index contributed by atoms with van der Waals surface area (Å²) in [5.41, 5.74) is 2.49. The van der Waals surface area contributed by atoms with Gasteiger partial charge >= 0.3 is 11.8 Å². The summed E-state index contributed by atoms with van der Waals surface area (Å²) >= 11 is 0. The minimum Gasteiger partial charge on any atom is -0.331 e. The van der Waals surface area contributed by atoms with E-state index < -0.39 is 0 Å². The van der Waals surface area contributed by atoms with Gasteiger partial charge in [-0.1, -0.05) is 39.0 Å². The van der Waals surface area contributed by atoms with Gasteiger partial charge in [-0.25, -0.2) is 0 Å². The summed E-state index contributed by atoms with van der Waals surface area (Å²) in [5.74, 6) is -0.649. The molecule has 2 aliphatic heterocycles. The van der Waals surface area contributed by atoms with Crippen LogP contribution in [0, 0.1) is 10.8 Å². The van der Waals surface area contributed by atoms with Gasteiger partial charge in [0.05, 0.1) is 0 Å². The van der Waals surface area contributed by atoms with Crippen LogP contribution in [0.5, 0.6) is 0 Å². The van der Waals surface area contributed by atoms with Gasteiger partial charge in [-0.15, -0.1) is 0 Å². The molecule has 134 valence electrons. The van der Waals surface area contributed by atoms with E-state index >= 15 is 0 Å². The van der Waals surface area contributed by atoms with Gasteiger partial charge in [-0.05, 0) is 54.6 Å². The lowest BCUT2D eigenvalue weighted by atomic mass is 9.65. The molecule has 1 saturated carbocycles. The number of rotatable bonds is 0. The average molecular weight is 340 g/mol. The summed E-state index contributed by atoms with van der Waals surface area (Å²) in [7, 11) is 0. The van der Waals surface area contributed by atoms with E-state index in [0.717, 1.165) is 44.3 Å². The highest BCUT2D eigenvalue weighted by Gasteiger charge is 2.52. The van der Waals surface area contributed by atoms with Crippen molar-refractivity contribution in [3.63, 3.8) is 0 Å². The van der Waals surface area contributed by atoms with E-state index in [1.807, 2.05) is 23.1 Å². The molecule has 4 heteroatoms. The Bertz CT molecular complexity index is 726. The van der Waals surface area contributed by atoms with E-state index in [1.165, 1.54) is 5.56 Å². The highest BCUT2D eigenvalue weighted by atomic mass is 16.2. The van der Waals surface area contributed by atoms with Crippen LogP contribution in [0.4, 0.5) is 5.69 Å². The van der Waals surface area contributed by atoms with Crippen LogP contribution in [0.2, 0.25) is 0 Å². The first-order chi connectivity index (χ1) is 11.8. The van der Waals surface area contributed by atoms with E-state index in [2.05, 4.69) is 26.8 Å². The fourth-order valence-corrected chi connectivity index (χ4v) is 5.68. The number of benzene rings is 1. The third-order valence-corrected chi connectivity index (χ3v) is 6.21. The third-order valence-electron chi connectivity index (χ3n) is 6.21. The van der Waals surface area contributed by atoms with E-state index in [0.29, 0.717) is 6.54 Å². The fourth-order valence-electron chi connectivity index (χ4n) is 5.68. The molecule has 0 radical (unpaired) electrons. The highest BCUT2D eigenvalue weighted by Crippen LogP contribution is 2.52. The summed E-state index contributed by atoms with van der Waals surface area (Å²) in [4.78, 5) is 29.7. The molecule has 0 spiro atoms. The van der Waals surface area contributed by atoms with Gasteiger partial charge in [0.1, 0.15) is 0 Å². The number of hydrogen-bond acceptors (Lipinski definition) is 2. The largest absolute Gasteiger partial charge is 0.331 e. The number of fused-ring (bicyclic) bond motifs is 3. The number of para-hydroxylation sites is 1. The fraction of sp³-hybridized carbons (Fsp3) is 0.619. The summed E-state index contributed by atoms with van der Waals surface area (Å²) in [6.07, 6.45) is 5.06. The Morgan fingerprint density at radius 2 is 1.84 bits per heavy atom. The van der Waals surface area contributed by atoms with Crippen molar-refractivity contribution in [1.82, 2.24) is 4.90 Å². The number of carbonyl (C=O) groups is 2. The Balaban J connectivity index is 1.57. The van der Waals surface area contributed by atoms with Crippen LogP contribution >= 0.6 is 0 Å². The van der Waals surface area contributed by atoms with Gasteiger partial charge in [-0.3, -0.25) is 9.59 Å². The van der Waals surface area contributed by atoms with Crippen LogP contribution in [0.3, 0.4) is 0 Å². The molecular weight excluding hydrogens is 312 g/mol. The van der Waals surface area contributed by atoms with Crippen molar-refractivity contribution in [3.8, 4) is 0 Å². The molecule has 0 N–H and O–H groups in total. The zero-order valence-electron chi connectivity index (χ0n) is 15.5. The molecule has 1 aliphatic carbocycles. The number of anilines is 1. The van der Waals surface area contributed by atoms with Crippen LogP contribution in [0.1, 0.15) is 52.0 Å². The number of nitrogens with zero attached hydrogens (tertiary/aromatic N) is 2. The van der Waals surface area contributed by atoms with Crippen molar-refractivity contribution in [2.75, 3.05) is 18.0 Å². The summed E-state index contributed by atoms with van der Waals surface area (Å²) in [5, 5.41) is 0. The Morgan fingerprint density at radius 1 is 1.08 bits per heavy atom. The smallest absolute Gasteiger partial charge is 0.316 e. The molecule has 1 aromatic rings. The Morgan fingerprint density at radius 3 is 2.64 bits per heavy atom. The third kappa shape index (κ3) is 2.86. The number of aryl methyl sites for hydroxylation is 1. The quantitative estimate of drug-likeness (QED) is 0.679. The molecule has 2 fully saturated rings. The number of hydrogen-bond donors (Lipinski definition) is 0. The number of carbonyl (C=O) groups excluding carboxylic acids is 2. The summed E-state index contributed by atoms with van der Waals surface area (Å²) in [6.45, 7) is 8.21. The van der Waals surface area contributed by atoms with E-state index in [9.17, 15) is 9.59 Å². The molecule has 1 saturated heterocycles. The normalized spacial score (nSPS) is 30.1. The van der Waals surface area contributed by atoms with Crippen LogP contribution in [0.15, 0.2) is 24.3 Å². The second-order valence-electron chi connectivity index (χ2n) is 9.34. The maximum atomic E-state index is 13.1. The molecule has 0 aromatic heterocycles. The van der Waals surface area contributed by atoms with Crippen molar-refractivity contribution in [2.45, 2.75) is 58.9 Å². The van der Waals surface area contributed by atoms with E-state index in [-0.39, 0.29) is 28.7 Å². The molecule has 25 heavy (non-hydrogen) atoms. The minimum atomic E-state index is -0.346. The molecule has 4 rings (SSSR count). The van der Waals surface area contributed by atoms with Crippen LogP contribution < -0.4 is 4.90 Å². The molecule has 2 atom stereocenters. The monoisotopic (exact) mass is 340 g/mol. The second kappa shape index (κ2) is 5.58. The predicted molar refractivity (Wildman–Crippen MR) is 98.4 cm³/mol. The lowest BCUT2D eigenvalue weighted by Gasteiger charge is -2.39. The average Bonchev–Trinajstić information content (AvgIpc) is 2.81. The maximum Gasteiger partial charge on any atom is 0.316 e. The molecule has 2 heterocycles. The lowest BCUT2D eigenvalue weighted by molar-refractivity contribution is -0.145. The summed E-state index contributed by atoms with van der Waals surface area (Å²) < 4.78 is 0. The van der Waals surface area contributed by atoms with Crippen molar-refractivity contribution in [1.29, 1.82) is 0 Å². The van der Waals surface area contributed by atoms with E-state index in [1.54, 1.807) is 4.90 Å². The van der Waals surface area contributed by atoms with Gasteiger partial charge in [0, 0.05) is 24.8 Å². The van der Waals surface area contributed by atoms with Gasteiger partial charge < -0.3 is 9.80 Å². The molecule has 2 bridgehead atoms. The SMILES string of the molecule is CC1(C)CC2CC(C)(CN2C(=O)C(=O)N2CCCc3ccccc32)C1. The van der Waals surface area contributed by atoms with Crippen molar-refractivity contribution < 1.29 is 9.59 Å². The molecule has 3 aliphatic rings. The first-order valence-corrected chi connectivity index (χ1v) is 9.48. The predicted octanol–water partition coefficient (Wildman–Crippen LogP) is 3.39. The van der Waals surface area contributed by atoms with Crippen LogP contribution in [-0.2, 0) is 16.0 Å². The second-order valence-corrected chi connectivity index (χ2v) is 9.34. The molecule has 4 nitrogen and oxygen atoms in total.